The lowest BCUT2D eigenvalue weighted by atomic mass is 9.90. The average molecular weight is 202 g/mol. The van der Waals surface area contributed by atoms with Gasteiger partial charge in [0.25, 0.3) is 0 Å². The maximum absolute atomic E-state index is 9.95. The average Bonchev–Trinajstić information content (AvgIpc) is 2.44. The molecular formula is C14H18O. The Labute approximate surface area is 91.4 Å². The number of allylic oxidation sites excluding steroid dienone is 1. The number of hydrogen-bond donors (Lipinski definition) is 1. The number of aliphatic hydroxyl groups excluding tert-OH is 1. The lowest BCUT2D eigenvalue weighted by Crippen LogP contribution is -2.17. The van der Waals surface area contributed by atoms with Gasteiger partial charge in [0.2, 0.25) is 0 Å². The maximum atomic E-state index is 9.95. The zero-order valence-corrected chi connectivity index (χ0v) is 9.19. The number of hydrogen-bond acceptors (Lipinski definition) is 1. The standard InChI is InChI=1S/C14H18O/c1-11-13(9-5-6-10-14(11)15)12-7-3-2-4-8-12/h2-4,7-9,11,14-15H,5-6,10H2,1H3/t11-,14-/m0/s1. The van der Waals surface area contributed by atoms with Crippen molar-refractivity contribution < 1.29 is 5.11 Å². The summed E-state index contributed by atoms with van der Waals surface area (Å²) in [7, 11) is 0. The van der Waals surface area contributed by atoms with E-state index in [0.29, 0.717) is 0 Å². The third-order valence-electron chi connectivity index (χ3n) is 3.24. The van der Waals surface area contributed by atoms with Crippen LogP contribution in [0.3, 0.4) is 0 Å². The first-order valence-corrected chi connectivity index (χ1v) is 5.72. The largest absolute Gasteiger partial charge is 0.393 e. The number of aliphatic hydroxyl groups is 1. The zero-order valence-electron chi connectivity index (χ0n) is 9.19. The van der Waals surface area contributed by atoms with Crippen LogP contribution in [0.15, 0.2) is 36.4 Å². The van der Waals surface area contributed by atoms with Crippen molar-refractivity contribution in [3.63, 3.8) is 0 Å². The van der Waals surface area contributed by atoms with E-state index < -0.39 is 0 Å². The summed E-state index contributed by atoms with van der Waals surface area (Å²) in [6.07, 6.45) is 5.22. The van der Waals surface area contributed by atoms with Gasteiger partial charge in [0.05, 0.1) is 6.10 Å². The lowest BCUT2D eigenvalue weighted by Gasteiger charge is -2.19. The predicted octanol–water partition coefficient (Wildman–Crippen LogP) is 3.25. The van der Waals surface area contributed by atoms with Gasteiger partial charge in [-0.1, -0.05) is 43.3 Å². The van der Waals surface area contributed by atoms with Crippen LogP contribution in [-0.2, 0) is 0 Å². The van der Waals surface area contributed by atoms with Crippen LogP contribution >= 0.6 is 0 Å². The third-order valence-corrected chi connectivity index (χ3v) is 3.24. The highest BCUT2D eigenvalue weighted by Crippen LogP contribution is 2.31. The van der Waals surface area contributed by atoms with E-state index in [1.54, 1.807) is 0 Å². The topological polar surface area (TPSA) is 20.2 Å². The Balaban J connectivity index is 2.30. The SMILES string of the molecule is C[C@H]1C(c2ccccc2)=CCCC[C@@H]1O. The number of rotatable bonds is 1. The quantitative estimate of drug-likeness (QED) is 0.741. The van der Waals surface area contributed by atoms with E-state index in [9.17, 15) is 5.11 Å². The molecule has 0 radical (unpaired) electrons. The third kappa shape index (κ3) is 2.29. The summed E-state index contributed by atoms with van der Waals surface area (Å²) in [6, 6.07) is 10.4. The Hall–Kier alpha value is -1.08. The smallest absolute Gasteiger partial charge is 0.0606 e. The van der Waals surface area contributed by atoms with E-state index in [1.165, 1.54) is 11.1 Å². The zero-order chi connectivity index (χ0) is 10.7. The Morgan fingerprint density at radius 3 is 2.67 bits per heavy atom. The van der Waals surface area contributed by atoms with Crippen molar-refractivity contribution in [2.45, 2.75) is 32.3 Å². The van der Waals surface area contributed by atoms with Crippen molar-refractivity contribution in [2.24, 2.45) is 5.92 Å². The molecular weight excluding hydrogens is 184 g/mol. The molecule has 0 spiro atoms. The molecule has 80 valence electrons. The van der Waals surface area contributed by atoms with Gasteiger partial charge in [-0.25, -0.2) is 0 Å². The fourth-order valence-electron chi connectivity index (χ4n) is 2.24. The molecule has 1 aromatic carbocycles. The lowest BCUT2D eigenvalue weighted by molar-refractivity contribution is 0.132. The molecule has 0 saturated heterocycles. The van der Waals surface area contributed by atoms with Crippen molar-refractivity contribution in [1.82, 2.24) is 0 Å². The normalized spacial score (nSPS) is 26.9. The molecule has 0 amide bonds. The molecule has 2 rings (SSSR count). The second kappa shape index (κ2) is 4.63. The van der Waals surface area contributed by atoms with E-state index in [4.69, 9.17) is 0 Å². The molecule has 0 unspecified atom stereocenters. The molecule has 1 N–H and O–H groups in total. The van der Waals surface area contributed by atoms with Crippen molar-refractivity contribution >= 4 is 5.57 Å². The van der Waals surface area contributed by atoms with Gasteiger partial charge in [0.15, 0.2) is 0 Å². The van der Waals surface area contributed by atoms with E-state index in [-0.39, 0.29) is 12.0 Å². The Morgan fingerprint density at radius 2 is 1.93 bits per heavy atom. The first-order valence-electron chi connectivity index (χ1n) is 5.72. The molecule has 0 saturated carbocycles. The summed E-state index contributed by atoms with van der Waals surface area (Å²) in [5, 5.41) is 9.95. The fourth-order valence-corrected chi connectivity index (χ4v) is 2.24. The van der Waals surface area contributed by atoms with Gasteiger partial charge in [-0.15, -0.1) is 0 Å². The first kappa shape index (κ1) is 10.4. The molecule has 1 heteroatoms. The van der Waals surface area contributed by atoms with Gasteiger partial charge in [-0.05, 0) is 30.4 Å². The Morgan fingerprint density at radius 1 is 1.20 bits per heavy atom. The molecule has 0 fully saturated rings. The van der Waals surface area contributed by atoms with Crippen LogP contribution < -0.4 is 0 Å². The van der Waals surface area contributed by atoms with Crippen molar-refractivity contribution in [1.29, 1.82) is 0 Å². The summed E-state index contributed by atoms with van der Waals surface area (Å²) < 4.78 is 0. The van der Waals surface area contributed by atoms with Crippen LogP contribution in [0.5, 0.6) is 0 Å². The summed E-state index contributed by atoms with van der Waals surface area (Å²) >= 11 is 0. The summed E-state index contributed by atoms with van der Waals surface area (Å²) in [5.41, 5.74) is 2.56. The molecule has 0 aliphatic heterocycles. The monoisotopic (exact) mass is 202 g/mol. The van der Waals surface area contributed by atoms with E-state index in [0.717, 1.165) is 19.3 Å². The van der Waals surface area contributed by atoms with Gasteiger partial charge in [-0.3, -0.25) is 0 Å². The molecule has 0 aromatic heterocycles. The van der Waals surface area contributed by atoms with Gasteiger partial charge in [0.1, 0.15) is 0 Å². The first-order chi connectivity index (χ1) is 7.29. The van der Waals surface area contributed by atoms with Gasteiger partial charge < -0.3 is 5.11 Å². The molecule has 0 heterocycles. The second-order valence-corrected chi connectivity index (χ2v) is 4.31. The molecule has 1 aliphatic carbocycles. The Bertz CT molecular complexity index is 340. The van der Waals surface area contributed by atoms with Crippen molar-refractivity contribution in [2.75, 3.05) is 0 Å². The molecule has 2 atom stereocenters. The molecule has 1 aromatic rings. The Kier molecular flexibility index (Phi) is 3.22. The minimum absolute atomic E-state index is 0.182. The van der Waals surface area contributed by atoms with Crippen LogP contribution in [0, 0.1) is 5.92 Å². The highest BCUT2D eigenvalue weighted by Gasteiger charge is 2.21. The summed E-state index contributed by atoms with van der Waals surface area (Å²) in [5.74, 6) is 0.259. The second-order valence-electron chi connectivity index (χ2n) is 4.31. The molecule has 1 aliphatic rings. The summed E-state index contributed by atoms with van der Waals surface area (Å²) in [6.45, 7) is 2.12. The fraction of sp³-hybridized carbons (Fsp3) is 0.429. The van der Waals surface area contributed by atoms with E-state index in [1.807, 2.05) is 6.07 Å². The molecule has 1 nitrogen and oxygen atoms in total. The van der Waals surface area contributed by atoms with E-state index >= 15 is 0 Å². The highest BCUT2D eigenvalue weighted by molar-refractivity contribution is 5.67. The van der Waals surface area contributed by atoms with Crippen LogP contribution in [0.25, 0.3) is 5.57 Å². The maximum Gasteiger partial charge on any atom is 0.0606 e. The van der Waals surface area contributed by atoms with Crippen LogP contribution in [-0.4, -0.2) is 11.2 Å². The van der Waals surface area contributed by atoms with Crippen LogP contribution in [0.2, 0.25) is 0 Å². The van der Waals surface area contributed by atoms with E-state index in [2.05, 4.69) is 37.3 Å². The van der Waals surface area contributed by atoms with Crippen LogP contribution in [0.4, 0.5) is 0 Å². The molecule has 15 heavy (non-hydrogen) atoms. The number of benzene rings is 1. The van der Waals surface area contributed by atoms with Crippen LogP contribution in [0.1, 0.15) is 31.7 Å². The van der Waals surface area contributed by atoms with Gasteiger partial charge in [0, 0.05) is 5.92 Å². The summed E-state index contributed by atoms with van der Waals surface area (Å²) in [4.78, 5) is 0. The minimum atomic E-state index is -0.182. The predicted molar refractivity (Wildman–Crippen MR) is 63.4 cm³/mol. The minimum Gasteiger partial charge on any atom is -0.393 e. The van der Waals surface area contributed by atoms with Gasteiger partial charge in [-0.2, -0.15) is 0 Å². The van der Waals surface area contributed by atoms with Gasteiger partial charge >= 0.3 is 0 Å². The molecule has 0 bridgehead atoms. The van der Waals surface area contributed by atoms with Crippen molar-refractivity contribution in [3.05, 3.63) is 42.0 Å². The highest BCUT2D eigenvalue weighted by atomic mass is 16.3. The van der Waals surface area contributed by atoms with Crippen molar-refractivity contribution in [3.8, 4) is 0 Å².